The van der Waals surface area contributed by atoms with E-state index in [1.165, 1.54) is 41.5 Å². The molecule has 32 heavy (non-hydrogen) atoms. The summed E-state index contributed by atoms with van der Waals surface area (Å²) in [5, 5.41) is 4.31. The van der Waals surface area contributed by atoms with Crippen molar-refractivity contribution < 1.29 is 4.79 Å². The van der Waals surface area contributed by atoms with Crippen molar-refractivity contribution in [3.05, 3.63) is 94.4 Å². The number of thiophene rings is 1. The minimum Gasteiger partial charge on any atom is -0.372 e. The average Bonchev–Trinajstić information content (AvgIpc) is 3.20. The molecule has 0 bridgehead atoms. The molecule has 0 aliphatic carbocycles. The van der Waals surface area contributed by atoms with Crippen LogP contribution in [0.4, 0.5) is 11.4 Å². The Bertz CT molecular complexity index is 1220. The summed E-state index contributed by atoms with van der Waals surface area (Å²) in [7, 11) is 0. The van der Waals surface area contributed by atoms with Gasteiger partial charge in [-0.3, -0.25) is 4.79 Å². The van der Waals surface area contributed by atoms with Gasteiger partial charge in [0.2, 0.25) is 0 Å². The van der Waals surface area contributed by atoms with Crippen molar-refractivity contribution in [2.24, 2.45) is 0 Å². The molecule has 1 aliphatic heterocycles. The molecule has 4 heteroatoms. The number of aryl methyl sites for hydroxylation is 1. The highest BCUT2D eigenvalue weighted by molar-refractivity contribution is 7.21. The number of hydrogen-bond donors (Lipinski definition) is 1. The van der Waals surface area contributed by atoms with E-state index in [1.54, 1.807) is 11.3 Å². The monoisotopic (exact) mass is 440 g/mol. The predicted octanol–water partition coefficient (Wildman–Crippen LogP) is 7.04. The van der Waals surface area contributed by atoms with Crippen molar-refractivity contribution >= 4 is 38.7 Å². The van der Waals surface area contributed by atoms with Gasteiger partial charge in [-0.05, 0) is 79.5 Å². The van der Waals surface area contributed by atoms with Crippen LogP contribution in [0.5, 0.6) is 0 Å². The van der Waals surface area contributed by atoms with Crippen LogP contribution in [-0.4, -0.2) is 19.0 Å². The van der Waals surface area contributed by atoms with Crippen LogP contribution in [0.2, 0.25) is 0 Å². The quantitative estimate of drug-likeness (QED) is 0.361. The number of benzene rings is 3. The molecule has 3 aromatic carbocycles. The van der Waals surface area contributed by atoms with Gasteiger partial charge in [0.15, 0.2) is 0 Å². The van der Waals surface area contributed by atoms with Crippen molar-refractivity contribution in [2.45, 2.75) is 32.6 Å². The Morgan fingerprint density at radius 3 is 2.38 bits per heavy atom. The van der Waals surface area contributed by atoms with Gasteiger partial charge in [0.25, 0.3) is 5.91 Å². The standard InChI is InChI=1S/C28H28N2OS/c1-20-9-11-21(12-10-20)19-25-24-7-3-4-8-26(24)32-27(25)28(31)29-22-13-15-23(16-14-22)30-17-5-2-6-18-30/h3-4,7-16H,2,5-6,17-19H2,1H3,(H,29,31). The van der Waals surface area contributed by atoms with E-state index in [1.807, 2.05) is 18.2 Å². The highest BCUT2D eigenvalue weighted by Crippen LogP contribution is 2.34. The minimum atomic E-state index is -0.0287. The Kier molecular flexibility index (Phi) is 5.95. The van der Waals surface area contributed by atoms with Crippen molar-refractivity contribution in [1.82, 2.24) is 0 Å². The summed E-state index contributed by atoms with van der Waals surface area (Å²) in [6, 6.07) is 25.2. The minimum absolute atomic E-state index is 0.0287. The maximum atomic E-state index is 13.3. The molecule has 1 saturated heterocycles. The molecule has 0 radical (unpaired) electrons. The highest BCUT2D eigenvalue weighted by atomic mass is 32.1. The molecule has 1 fully saturated rings. The van der Waals surface area contributed by atoms with Gasteiger partial charge in [-0.15, -0.1) is 11.3 Å². The zero-order chi connectivity index (χ0) is 21.9. The van der Waals surface area contributed by atoms with Crippen LogP contribution in [0.1, 0.15) is 45.6 Å². The van der Waals surface area contributed by atoms with Crippen LogP contribution in [0.15, 0.2) is 72.8 Å². The van der Waals surface area contributed by atoms with Gasteiger partial charge in [-0.1, -0.05) is 48.0 Å². The molecule has 3 nitrogen and oxygen atoms in total. The van der Waals surface area contributed by atoms with E-state index >= 15 is 0 Å². The number of fused-ring (bicyclic) bond motifs is 1. The van der Waals surface area contributed by atoms with Crippen molar-refractivity contribution in [3.63, 3.8) is 0 Å². The van der Waals surface area contributed by atoms with E-state index in [-0.39, 0.29) is 5.91 Å². The van der Waals surface area contributed by atoms with Gasteiger partial charge in [0.05, 0.1) is 4.88 Å². The van der Waals surface area contributed by atoms with Gasteiger partial charge in [-0.2, -0.15) is 0 Å². The van der Waals surface area contributed by atoms with Crippen LogP contribution >= 0.6 is 11.3 Å². The van der Waals surface area contributed by atoms with Crippen LogP contribution in [-0.2, 0) is 6.42 Å². The third kappa shape index (κ3) is 4.42. The van der Waals surface area contributed by atoms with Crippen molar-refractivity contribution in [3.8, 4) is 0 Å². The third-order valence-corrected chi connectivity index (χ3v) is 7.46. The molecule has 1 aliphatic rings. The van der Waals surface area contributed by atoms with Crippen LogP contribution in [0.25, 0.3) is 10.1 Å². The number of carbonyl (C=O) groups is 1. The number of nitrogens with zero attached hydrogens (tertiary/aromatic N) is 1. The maximum Gasteiger partial charge on any atom is 0.266 e. The summed E-state index contributed by atoms with van der Waals surface area (Å²) < 4.78 is 1.15. The van der Waals surface area contributed by atoms with Crippen LogP contribution in [0, 0.1) is 6.92 Å². The van der Waals surface area contributed by atoms with Gasteiger partial charge in [0, 0.05) is 29.2 Å². The number of rotatable bonds is 5. The molecular weight excluding hydrogens is 412 g/mol. The number of carbonyl (C=O) groups excluding carboxylic acids is 1. The van der Waals surface area contributed by atoms with Crippen molar-refractivity contribution in [2.75, 3.05) is 23.3 Å². The summed E-state index contributed by atoms with van der Waals surface area (Å²) >= 11 is 1.58. The number of nitrogens with one attached hydrogen (secondary N) is 1. The Labute approximate surface area is 193 Å². The lowest BCUT2D eigenvalue weighted by Crippen LogP contribution is -2.29. The maximum absolute atomic E-state index is 13.3. The fraction of sp³-hybridized carbons (Fsp3) is 0.250. The molecule has 1 aromatic heterocycles. The first kappa shape index (κ1) is 20.8. The molecule has 0 atom stereocenters. The summed E-state index contributed by atoms with van der Waals surface area (Å²) in [5.41, 5.74) is 5.66. The summed E-state index contributed by atoms with van der Waals surface area (Å²) in [6.45, 7) is 4.34. The zero-order valence-corrected chi connectivity index (χ0v) is 19.3. The fourth-order valence-electron chi connectivity index (χ4n) is 4.46. The first-order valence-electron chi connectivity index (χ1n) is 11.4. The van der Waals surface area contributed by atoms with Crippen LogP contribution < -0.4 is 10.2 Å². The number of piperidine rings is 1. The normalized spacial score (nSPS) is 14.0. The molecule has 5 rings (SSSR count). The molecule has 0 spiro atoms. The van der Waals surface area contributed by atoms with E-state index in [9.17, 15) is 4.79 Å². The summed E-state index contributed by atoms with van der Waals surface area (Å²) in [4.78, 5) is 16.6. The molecule has 0 saturated carbocycles. The SMILES string of the molecule is Cc1ccc(Cc2c(C(=O)Nc3ccc(N4CCCCC4)cc3)sc3ccccc23)cc1. The van der Waals surface area contributed by atoms with E-state index < -0.39 is 0 Å². The van der Waals surface area contributed by atoms with Crippen LogP contribution in [0.3, 0.4) is 0 Å². The summed E-state index contributed by atoms with van der Waals surface area (Å²) in [5.74, 6) is -0.0287. The molecule has 4 aromatic rings. The van der Waals surface area contributed by atoms with E-state index in [4.69, 9.17) is 0 Å². The van der Waals surface area contributed by atoms with Gasteiger partial charge >= 0.3 is 0 Å². The zero-order valence-electron chi connectivity index (χ0n) is 18.4. The van der Waals surface area contributed by atoms with Gasteiger partial charge in [0.1, 0.15) is 0 Å². The Hall–Kier alpha value is -3.11. The first-order valence-corrected chi connectivity index (χ1v) is 12.2. The molecule has 1 N–H and O–H groups in total. The molecule has 2 heterocycles. The molecule has 1 amide bonds. The Balaban J connectivity index is 1.40. The smallest absolute Gasteiger partial charge is 0.266 e. The van der Waals surface area contributed by atoms with Gasteiger partial charge in [-0.25, -0.2) is 0 Å². The third-order valence-electron chi connectivity index (χ3n) is 6.25. The highest BCUT2D eigenvalue weighted by Gasteiger charge is 2.19. The molecule has 162 valence electrons. The fourth-order valence-corrected chi connectivity index (χ4v) is 5.58. The predicted molar refractivity (Wildman–Crippen MR) is 136 cm³/mol. The summed E-state index contributed by atoms with van der Waals surface area (Å²) in [6.07, 6.45) is 4.59. The Morgan fingerprint density at radius 1 is 0.906 bits per heavy atom. The number of anilines is 2. The largest absolute Gasteiger partial charge is 0.372 e. The lowest BCUT2D eigenvalue weighted by Gasteiger charge is -2.28. The van der Waals surface area contributed by atoms with E-state index in [2.05, 4.69) is 71.7 Å². The van der Waals surface area contributed by atoms with Crippen molar-refractivity contribution in [1.29, 1.82) is 0 Å². The Morgan fingerprint density at radius 2 is 1.62 bits per heavy atom. The lowest BCUT2D eigenvalue weighted by molar-refractivity contribution is 0.103. The number of amides is 1. The second-order valence-electron chi connectivity index (χ2n) is 8.62. The lowest BCUT2D eigenvalue weighted by atomic mass is 10.0. The topological polar surface area (TPSA) is 32.3 Å². The molecular formula is C28H28N2OS. The number of hydrogen-bond acceptors (Lipinski definition) is 3. The second-order valence-corrected chi connectivity index (χ2v) is 9.67. The van der Waals surface area contributed by atoms with E-state index in [0.717, 1.165) is 40.3 Å². The first-order chi connectivity index (χ1) is 15.7. The average molecular weight is 441 g/mol. The van der Waals surface area contributed by atoms with Gasteiger partial charge < -0.3 is 10.2 Å². The van der Waals surface area contributed by atoms with E-state index in [0.29, 0.717) is 0 Å². The molecule has 0 unspecified atom stereocenters. The second kappa shape index (κ2) is 9.17.